The average molecular weight is 476 g/mol. The Morgan fingerprint density at radius 2 is 1.94 bits per heavy atom. The Hall–Kier alpha value is -2.59. The molecule has 1 amide bonds. The van der Waals surface area contributed by atoms with E-state index in [-0.39, 0.29) is 22.9 Å². The van der Waals surface area contributed by atoms with Crippen molar-refractivity contribution < 1.29 is 26.4 Å². The van der Waals surface area contributed by atoms with Crippen molar-refractivity contribution >= 4 is 39.3 Å². The first-order valence-corrected chi connectivity index (χ1v) is 11.4. The van der Waals surface area contributed by atoms with E-state index in [1.54, 1.807) is 6.07 Å². The maximum Gasteiger partial charge on any atom is 0.433 e. The third-order valence-corrected chi connectivity index (χ3v) is 4.90. The number of anilines is 1. The van der Waals surface area contributed by atoms with Gasteiger partial charge in [0.15, 0.2) is 0 Å². The molecular formula is C20H21ClF3N3O3S. The summed E-state index contributed by atoms with van der Waals surface area (Å²) in [5.41, 5.74) is 0.584. The number of benzene rings is 1. The first-order valence-electron chi connectivity index (χ1n) is 9.18. The molecule has 0 spiro atoms. The van der Waals surface area contributed by atoms with Crippen LogP contribution in [0.15, 0.2) is 36.4 Å². The molecule has 1 aromatic carbocycles. The van der Waals surface area contributed by atoms with Gasteiger partial charge in [0.25, 0.3) is 0 Å². The largest absolute Gasteiger partial charge is 0.433 e. The van der Waals surface area contributed by atoms with Crippen LogP contribution in [0.2, 0.25) is 5.02 Å². The van der Waals surface area contributed by atoms with E-state index in [0.717, 1.165) is 12.3 Å². The summed E-state index contributed by atoms with van der Waals surface area (Å²) in [6.07, 6.45) is 0.0474. The predicted octanol–water partition coefficient (Wildman–Crippen LogP) is 4.41. The zero-order chi connectivity index (χ0) is 23.2. The summed E-state index contributed by atoms with van der Waals surface area (Å²) in [4.78, 5) is 15.8. The molecule has 2 aromatic rings. The van der Waals surface area contributed by atoms with Crippen LogP contribution < -0.4 is 10.0 Å². The van der Waals surface area contributed by atoms with E-state index in [1.165, 1.54) is 30.4 Å². The summed E-state index contributed by atoms with van der Waals surface area (Å²) in [6.45, 7) is 1.94. The summed E-state index contributed by atoms with van der Waals surface area (Å²) in [6, 6.07) is 6.76. The van der Waals surface area contributed by atoms with Gasteiger partial charge in [0.05, 0.1) is 17.0 Å². The van der Waals surface area contributed by atoms with Crippen LogP contribution in [0.25, 0.3) is 6.08 Å². The van der Waals surface area contributed by atoms with Crippen molar-refractivity contribution in [3.8, 4) is 0 Å². The van der Waals surface area contributed by atoms with Crippen LogP contribution in [0.4, 0.5) is 18.9 Å². The lowest BCUT2D eigenvalue weighted by Crippen LogP contribution is -2.20. The first-order chi connectivity index (χ1) is 14.4. The lowest BCUT2D eigenvalue weighted by Gasteiger charge is -2.10. The van der Waals surface area contributed by atoms with Crippen molar-refractivity contribution in [2.24, 2.45) is 0 Å². The molecule has 0 aliphatic rings. The molecule has 2 N–H and O–H groups in total. The second-order valence-electron chi connectivity index (χ2n) is 6.72. The lowest BCUT2D eigenvalue weighted by molar-refractivity contribution is -0.141. The van der Waals surface area contributed by atoms with Crippen molar-refractivity contribution in [1.82, 2.24) is 10.3 Å². The standard InChI is InChI=1S/C20H21ClF3N3O3S/c1-3-4-16-14(6-9-18(26-16)20(22,23)24)7-10-19(28)25-12-13-5-8-17(15(21)11-13)27-31(2,29)30/h5-11,27H,3-4,12H2,1-2H3,(H,25,28)/b10-7-. The molecule has 1 heterocycles. The number of nitrogens with one attached hydrogen (secondary N) is 2. The highest BCUT2D eigenvalue weighted by Gasteiger charge is 2.32. The van der Waals surface area contributed by atoms with Crippen LogP contribution in [0, 0.1) is 0 Å². The second kappa shape index (κ2) is 10.1. The lowest BCUT2D eigenvalue weighted by atomic mass is 10.1. The maximum atomic E-state index is 12.9. The van der Waals surface area contributed by atoms with E-state index in [4.69, 9.17) is 11.6 Å². The van der Waals surface area contributed by atoms with E-state index in [2.05, 4.69) is 15.0 Å². The monoisotopic (exact) mass is 475 g/mol. The number of hydrogen-bond donors (Lipinski definition) is 2. The molecule has 0 bridgehead atoms. The number of amides is 1. The summed E-state index contributed by atoms with van der Waals surface area (Å²) < 4.78 is 63.4. The summed E-state index contributed by atoms with van der Waals surface area (Å²) in [5, 5.41) is 2.80. The number of halogens is 4. The zero-order valence-corrected chi connectivity index (χ0v) is 18.3. The fourth-order valence-corrected chi connectivity index (χ4v) is 3.51. The number of aryl methyl sites for hydroxylation is 1. The number of carbonyl (C=O) groups is 1. The van der Waals surface area contributed by atoms with E-state index in [9.17, 15) is 26.4 Å². The number of carbonyl (C=O) groups excluding carboxylic acids is 1. The minimum absolute atomic E-state index is 0.120. The van der Waals surface area contributed by atoms with Crippen LogP contribution in [0.1, 0.15) is 35.9 Å². The first kappa shape index (κ1) is 24.7. The molecule has 0 aliphatic heterocycles. The van der Waals surface area contributed by atoms with Gasteiger partial charge in [-0.15, -0.1) is 0 Å². The molecule has 0 saturated heterocycles. The Morgan fingerprint density at radius 1 is 1.23 bits per heavy atom. The van der Waals surface area contributed by atoms with Gasteiger partial charge in [-0.05, 0) is 41.8 Å². The van der Waals surface area contributed by atoms with E-state index in [1.807, 2.05) is 6.92 Å². The number of pyridine rings is 1. The molecule has 1 aromatic heterocycles. The highest BCUT2D eigenvalue weighted by Crippen LogP contribution is 2.29. The zero-order valence-electron chi connectivity index (χ0n) is 16.8. The average Bonchev–Trinajstić information content (AvgIpc) is 2.65. The van der Waals surface area contributed by atoms with E-state index >= 15 is 0 Å². The molecule has 6 nitrogen and oxygen atoms in total. The topological polar surface area (TPSA) is 88.2 Å². The van der Waals surface area contributed by atoms with E-state index < -0.39 is 27.8 Å². The van der Waals surface area contributed by atoms with Crippen molar-refractivity contribution in [1.29, 1.82) is 0 Å². The smallest absolute Gasteiger partial charge is 0.348 e. The number of nitrogens with zero attached hydrogens (tertiary/aromatic N) is 1. The van der Waals surface area contributed by atoms with E-state index in [0.29, 0.717) is 24.0 Å². The van der Waals surface area contributed by atoms with Gasteiger partial charge in [0.1, 0.15) is 5.69 Å². The Kier molecular flexibility index (Phi) is 8.08. The SMILES string of the molecule is CCCc1nc(C(F)(F)F)ccc1/C=C\C(=O)NCc1ccc(NS(C)(=O)=O)c(Cl)c1. The Labute approximate surface area is 183 Å². The summed E-state index contributed by atoms with van der Waals surface area (Å²) in [7, 11) is -3.47. The van der Waals surface area contributed by atoms with Crippen LogP contribution in [0.5, 0.6) is 0 Å². The highest BCUT2D eigenvalue weighted by molar-refractivity contribution is 7.92. The molecule has 11 heteroatoms. The van der Waals surface area contributed by atoms with Crippen molar-refractivity contribution in [2.75, 3.05) is 11.0 Å². The molecule has 0 atom stereocenters. The minimum atomic E-state index is -4.53. The molecule has 31 heavy (non-hydrogen) atoms. The summed E-state index contributed by atoms with van der Waals surface area (Å²) >= 11 is 6.04. The van der Waals surface area contributed by atoms with Crippen LogP contribution >= 0.6 is 11.6 Å². The number of sulfonamides is 1. The van der Waals surface area contributed by atoms with Crippen molar-refractivity contribution in [2.45, 2.75) is 32.5 Å². The van der Waals surface area contributed by atoms with Gasteiger partial charge < -0.3 is 5.32 Å². The van der Waals surface area contributed by atoms with Crippen molar-refractivity contribution in [3.05, 3.63) is 63.9 Å². The molecular weight excluding hydrogens is 455 g/mol. The summed E-state index contributed by atoms with van der Waals surface area (Å²) in [5.74, 6) is -0.461. The minimum Gasteiger partial charge on any atom is -0.348 e. The quantitative estimate of drug-likeness (QED) is 0.554. The van der Waals surface area contributed by atoms with Gasteiger partial charge in [-0.25, -0.2) is 13.4 Å². The van der Waals surface area contributed by atoms with Gasteiger partial charge in [-0.1, -0.05) is 37.1 Å². The fraction of sp³-hybridized carbons (Fsp3) is 0.300. The molecule has 0 fully saturated rings. The van der Waals surface area contributed by atoms with Gasteiger partial charge in [0.2, 0.25) is 15.9 Å². The van der Waals surface area contributed by atoms with Crippen LogP contribution in [0.3, 0.4) is 0 Å². The second-order valence-corrected chi connectivity index (χ2v) is 8.88. The van der Waals surface area contributed by atoms with Gasteiger partial charge in [-0.3, -0.25) is 9.52 Å². The molecule has 0 saturated carbocycles. The number of hydrogen-bond acceptors (Lipinski definition) is 4. The van der Waals surface area contributed by atoms with Gasteiger partial charge in [0, 0.05) is 18.3 Å². The fourth-order valence-electron chi connectivity index (χ4n) is 2.62. The molecule has 0 aliphatic carbocycles. The predicted molar refractivity (Wildman–Crippen MR) is 114 cm³/mol. The Balaban J connectivity index is 2.05. The Morgan fingerprint density at radius 3 is 2.52 bits per heavy atom. The Bertz CT molecular complexity index is 1090. The van der Waals surface area contributed by atoms with Crippen LogP contribution in [-0.4, -0.2) is 25.6 Å². The number of alkyl halides is 3. The third kappa shape index (κ3) is 7.87. The number of rotatable bonds is 8. The third-order valence-electron chi connectivity index (χ3n) is 4.00. The van der Waals surface area contributed by atoms with Gasteiger partial charge in [-0.2, -0.15) is 13.2 Å². The molecule has 2 rings (SSSR count). The number of aromatic nitrogens is 1. The molecule has 0 unspecified atom stereocenters. The molecule has 168 valence electrons. The molecule has 0 radical (unpaired) electrons. The van der Waals surface area contributed by atoms with Gasteiger partial charge >= 0.3 is 6.18 Å². The van der Waals surface area contributed by atoms with Crippen molar-refractivity contribution in [3.63, 3.8) is 0 Å². The normalized spacial score (nSPS) is 12.2. The maximum absolute atomic E-state index is 12.9. The highest BCUT2D eigenvalue weighted by atomic mass is 35.5. The van der Waals surface area contributed by atoms with Crippen LogP contribution in [-0.2, 0) is 34.0 Å².